The number of fused-ring (bicyclic) bond motifs is 1. The maximum absolute atomic E-state index is 12.1. The number of carbonyl (C=O) groups excluding carboxylic acids is 1. The second-order valence-corrected chi connectivity index (χ2v) is 5.31. The number of aliphatic hydroxyl groups excluding tert-OH is 1. The van der Waals surface area contributed by atoms with Crippen LogP contribution in [0.25, 0.3) is 0 Å². The van der Waals surface area contributed by atoms with E-state index in [0.29, 0.717) is 6.54 Å². The predicted octanol–water partition coefficient (Wildman–Crippen LogP) is 2.85. The molecule has 18 heavy (non-hydrogen) atoms. The van der Waals surface area contributed by atoms with Crippen molar-refractivity contribution in [3.8, 4) is 0 Å². The molecule has 0 spiro atoms. The molecule has 1 aliphatic heterocycles. The fraction of sp³-hybridized carbons (Fsp3) is 0.533. The summed E-state index contributed by atoms with van der Waals surface area (Å²) in [4.78, 5) is 13.9. The highest BCUT2D eigenvalue weighted by molar-refractivity contribution is 6.04. The van der Waals surface area contributed by atoms with Gasteiger partial charge in [0.2, 0.25) is 5.91 Å². The molecule has 3 heteroatoms. The van der Waals surface area contributed by atoms with Crippen LogP contribution in [-0.2, 0) is 4.79 Å². The molecular weight excluding hydrogens is 226 g/mol. The van der Waals surface area contributed by atoms with Gasteiger partial charge in [0.1, 0.15) is 0 Å². The average molecular weight is 247 g/mol. The maximum atomic E-state index is 12.1. The average Bonchev–Trinajstić information content (AvgIpc) is 2.60. The number of nitrogens with zero attached hydrogens (tertiary/aromatic N) is 1. The highest BCUT2D eigenvalue weighted by Crippen LogP contribution is 2.38. The van der Waals surface area contributed by atoms with E-state index in [9.17, 15) is 9.90 Å². The normalized spacial score (nSPS) is 20.4. The number of anilines is 1. The van der Waals surface area contributed by atoms with Crippen LogP contribution in [0, 0.1) is 5.92 Å². The number of rotatable bonds is 3. The Bertz CT molecular complexity index is 468. The molecule has 0 bridgehead atoms. The molecule has 1 aromatic rings. The summed E-state index contributed by atoms with van der Waals surface area (Å²) in [5, 5.41) is 10.1. The minimum Gasteiger partial charge on any atom is -0.388 e. The molecule has 0 saturated carbocycles. The van der Waals surface area contributed by atoms with Crippen LogP contribution < -0.4 is 4.90 Å². The molecule has 98 valence electrons. The second kappa shape index (κ2) is 4.73. The van der Waals surface area contributed by atoms with Crippen LogP contribution in [0.2, 0.25) is 0 Å². The molecule has 1 aromatic carbocycles. The molecule has 1 heterocycles. The topological polar surface area (TPSA) is 40.5 Å². The highest BCUT2D eigenvalue weighted by atomic mass is 16.3. The Balaban J connectivity index is 2.43. The zero-order chi connectivity index (χ0) is 13.4. The SMILES string of the molecule is CCN1C(=O)C(C)c2cc(C(O)C(C)C)ccc21. The molecule has 2 unspecified atom stereocenters. The Morgan fingerprint density at radius 2 is 2.06 bits per heavy atom. The van der Waals surface area contributed by atoms with E-state index in [1.54, 1.807) is 0 Å². The molecule has 0 radical (unpaired) electrons. The van der Waals surface area contributed by atoms with Crippen molar-refractivity contribution in [2.24, 2.45) is 5.92 Å². The molecule has 0 aromatic heterocycles. The van der Waals surface area contributed by atoms with Crippen LogP contribution in [-0.4, -0.2) is 17.6 Å². The third kappa shape index (κ3) is 1.93. The van der Waals surface area contributed by atoms with Crippen molar-refractivity contribution in [3.63, 3.8) is 0 Å². The minimum atomic E-state index is -0.465. The van der Waals surface area contributed by atoms with Crippen molar-refractivity contribution in [1.29, 1.82) is 0 Å². The Kier molecular flexibility index (Phi) is 3.44. The first-order valence-electron chi connectivity index (χ1n) is 6.60. The molecule has 3 nitrogen and oxygen atoms in total. The van der Waals surface area contributed by atoms with Gasteiger partial charge in [-0.3, -0.25) is 4.79 Å². The highest BCUT2D eigenvalue weighted by Gasteiger charge is 2.33. The van der Waals surface area contributed by atoms with Crippen molar-refractivity contribution >= 4 is 11.6 Å². The van der Waals surface area contributed by atoms with Crippen molar-refractivity contribution in [3.05, 3.63) is 29.3 Å². The van der Waals surface area contributed by atoms with E-state index in [1.165, 1.54) is 0 Å². The van der Waals surface area contributed by atoms with Crippen LogP contribution in [0.4, 0.5) is 5.69 Å². The fourth-order valence-electron chi connectivity index (χ4n) is 2.55. The van der Waals surface area contributed by atoms with Crippen LogP contribution in [0.1, 0.15) is 50.8 Å². The Labute approximate surface area is 108 Å². The molecule has 1 N–H and O–H groups in total. The summed E-state index contributed by atoms with van der Waals surface area (Å²) >= 11 is 0. The largest absolute Gasteiger partial charge is 0.388 e. The Morgan fingerprint density at radius 3 is 2.61 bits per heavy atom. The standard InChI is InChI=1S/C15H21NO2/c1-5-16-13-7-6-11(14(17)9(2)3)8-12(13)10(4)15(16)18/h6-10,14,17H,5H2,1-4H3. The van der Waals surface area contributed by atoms with Gasteiger partial charge in [-0.15, -0.1) is 0 Å². The van der Waals surface area contributed by atoms with Crippen LogP contribution in [0.5, 0.6) is 0 Å². The Hall–Kier alpha value is -1.35. The van der Waals surface area contributed by atoms with E-state index in [1.807, 2.05) is 50.8 Å². The Morgan fingerprint density at radius 1 is 1.39 bits per heavy atom. The fourth-order valence-corrected chi connectivity index (χ4v) is 2.55. The zero-order valence-electron chi connectivity index (χ0n) is 11.5. The van der Waals surface area contributed by atoms with Crippen LogP contribution in [0.3, 0.4) is 0 Å². The first-order chi connectivity index (χ1) is 8.47. The van der Waals surface area contributed by atoms with Gasteiger partial charge in [-0.2, -0.15) is 0 Å². The number of hydrogen-bond acceptors (Lipinski definition) is 2. The lowest BCUT2D eigenvalue weighted by Gasteiger charge is -2.18. The summed E-state index contributed by atoms with van der Waals surface area (Å²) in [5.41, 5.74) is 2.94. The zero-order valence-corrected chi connectivity index (χ0v) is 11.5. The number of benzene rings is 1. The predicted molar refractivity (Wildman–Crippen MR) is 72.7 cm³/mol. The lowest BCUT2D eigenvalue weighted by molar-refractivity contribution is -0.118. The monoisotopic (exact) mass is 247 g/mol. The summed E-state index contributed by atoms with van der Waals surface area (Å²) < 4.78 is 0. The van der Waals surface area contributed by atoms with Crippen LogP contribution >= 0.6 is 0 Å². The van der Waals surface area contributed by atoms with Gasteiger partial charge in [-0.1, -0.05) is 26.0 Å². The summed E-state index contributed by atoms with van der Waals surface area (Å²) in [6, 6.07) is 5.87. The first-order valence-corrected chi connectivity index (χ1v) is 6.60. The third-order valence-electron chi connectivity index (χ3n) is 3.73. The molecule has 0 saturated heterocycles. The summed E-state index contributed by atoms with van der Waals surface area (Å²) in [7, 11) is 0. The third-order valence-corrected chi connectivity index (χ3v) is 3.73. The molecular formula is C15H21NO2. The van der Waals surface area contributed by atoms with Crippen LogP contribution in [0.15, 0.2) is 18.2 Å². The van der Waals surface area contributed by atoms with E-state index in [4.69, 9.17) is 0 Å². The lowest BCUT2D eigenvalue weighted by atomic mass is 9.94. The summed E-state index contributed by atoms with van der Waals surface area (Å²) in [6.07, 6.45) is -0.465. The quantitative estimate of drug-likeness (QED) is 0.892. The number of amides is 1. The molecule has 2 atom stereocenters. The molecule has 1 aliphatic rings. The molecule has 2 rings (SSSR count). The second-order valence-electron chi connectivity index (χ2n) is 5.31. The van der Waals surface area contributed by atoms with Crippen molar-refractivity contribution in [2.45, 2.75) is 39.7 Å². The van der Waals surface area contributed by atoms with Gasteiger partial charge in [0.05, 0.1) is 12.0 Å². The first kappa shape index (κ1) is 13.1. The van der Waals surface area contributed by atoms with Gasteiger partial charge >= 0.3 is 0 Å². The van der Waals surface area contributed by atoms with Gasteiger partial charge in [0, 0.05) is 12.2 Å². The smallest absolute Gasteiger partial charge is 0.234 e. The number of carbonyl (C=O) groups is 1. The van der Waals surface area contributed by atoms with Gasteiger partial charge in [-0.25, -0.2) is 0 Å². The van der Waals surface area contributed by atoms with E-state index in [2.05, 4.69) is 0 Å². The number of aliphatic hydroxyl groups is 1. The van der Waals surface area contributed by atoms with Gasteiger partial charge in [0.25, 0.3) is 0 Å². The van der Waals surface area contributed by atoms with E-state index in [-0.39, 0.29) is 17.7 Å². The van der Waals surface area contributed by atoms with Crippen molar-refractivity contribution in [2.75, 3.05) is 11.4 Å². The van der Waals surface area contributed by atoms with Crippen molar-refractivity contribution < 1.29 is 9.90 Å². The lowest BCUT2D eigenvalue weighted by Crippen LogP contribution is -2.27. The molecule has 0 aliphatic carbocycles. The van der Waals surface area contributed by atoms with E-state index in [0.717, 1.165) is 16.8 Å². The van der Waals surface area contributed by atoms with E-state index >= 15 is 0 Å². The summed E-state index contributed by atoms with van der Waals surface area (Å²) in [5.74, 6) is 0.237. The van der Waals surface area contributed by atoms with Gasteiger partial charge < -0.3 is 10.0 Å². The van der Waals surface area contributed by atoms with E-state index < -0.39 is 6.10 Å². The maximum Gasteiger partial charge on any atom is 0.234 e. The van der Waals surface area contributed by atoms with Gasteiger partial charge in [0.15, 0.2) is 0 Å². The molecule has 0 fully saturated rings. The number of likely N-dealkylation sites (N-methyl/N-ethyl adjacent to an activating group) is 1. The van der Waals surface area contributed by atoms with Crippen molar-refractivity contribution in [1.82, 2.24) is 0 Å². The van der Waals surface area contributed by atoms with Gasteiger partial charge in [-0.05, 0) is 37.0 Å². The molecule has 1 amide bonds. The summed E-state index contributed by atoms with van der Waals surface area (Å²) in [6.45, 7) is 8.59. The minimum absolute atomic E-state index is 0.0979. The number of hydrogen-bond donors (Lipinski definition) is 1.